The first-order chi connectivity index (χ1) is 15.3. The summed E-state index contributed by atoms with van der Waals surface area (Å²) in [4.78, 5) is 30.6. The summed E-state index contributed by atoms with van der Waals surface area (Å²) < 4.78 is 28.0. The molecule has 0 saturated carbocycles. The van der Waals surface area contributed by atoms with Gasteiger partial charge in [-0.05, 0) is 78.8 Å². The number of halogens is 2. The van der Waals surface area contributed by atoms with Crippen LogP contribution >= 0.6 is 0 Å². The van der Waals surface area contributed by atoms with Crippen LogP contribution in [0.5, 0.6) is 0 Å². The summed E-state index contributed by atoms with van der Waals surface area (Å²) in [5, 5.41) is 2.42. The van der Waals surface area contributed by atoms with Crippen molar-refractivity contribution in [2.75, 3.05) is 18.5 Å². The molecule has 0 spiro atoms. The van der Waals surface area contributed by atoms with Crippen LogP contribution < -0.4 is 10.2 Å². The quantitative estimate of drug-likeness (QED) is 0.670. The molecule has 5 nitrogen and oxygen atoms in total. The lowest BCUT2D eigenvalue weighted by atomic mass is 9.90. The van der Waals surface area contributed by atoms with Crippen molar-refractivity contribution in [2.45, 2.75) is 26.7 Å². The average molecular weight is 435 g/mol. The summed E-state index contributed by atoms with van der Waals surface area (Å²) in [7, 11) is 1.45. The van der Waals surface area contributed by atoms with Crippen molar-refractivity contribution in [1.82, 2.24) is 10.3 Å². The van der Waals surface area contributed by atoms with Crippen LogP contribution in [0, 0.1) is 25.5 Å². The number of aromatic nitrogens is 1. The van der Waals surface area contributed by atoms with E-state index in [2.05, 4.69) is 10.3 Å². The molecule has 1 N–H and O–H groups in total. The molecule has 0 unspecified atom stereocenters. The van der Waals surface area contributed by atoms with Crippen LogP contribution in [0.15, 0.2) is 42.6 Å². The molecular formula is C25H23F2N3O2. The fourth-order valence-electron chi connectivity index (χ4n) is 3.99. The lowest BCUT2D eigenvalue weighted by Gasteiger charge is -2.29. The van der Waals surface area contributed by atoms with Crippen LogP contribution in [0.2, 0.25) is 0 Å². The molecule has 2 heterocycles. The maximum Gasteiger partial charge on any atom is 0.259 e. The minimum atomic E-state index is -0.586. The van der Waals surface area contributed by atoms with Crippen LogP contribution in [0.1, 0.15) is 48.5 Å². The fraction of sp³-hybridized carbons (Fsp3) is 0.240. The van der Waals surface area contributed by atoms with Gasteiger partial charge in [-0.25, -0.2) is 13.8 Å². The Balaban J connectivity index is 1.64. The van der Waals surface area contributed by atoms with Crippen molar-refractivity contribution < 1.29 is 18.4 Å². The first kappa shape index (κ1) is 21.6. The van der Waals surface area contributed by atoms with E-state index in [1.54, 1.807) is 24.0 Å². The Kier molecular flexibility index (Phi) is 5.74. The van der Waals surface area contributed by atoms with E-state index in [9.17, 15) is 18.4 Å². The van der Waals surface area contributed by atoms with Crippen molar-refractivity contribution in [2.24, 2.45) is 0 Å². The molecule has 0 bridgehead atoms. The number of carbonyl (C=O) groups excluding carboxylic acids is 2. The maximum absolute atomic E-state index is 14.4. The largest absolute Gasteiger partial charge is 0.355 e. The summed E-state index contributed by atoms with van der Waals surface area (Å²) in [5.74, 6) is -1.24. The molecule has 164 valence electrons. The third-order valence-corrected chi connectivity index (χ3v) is 5.85. The Hall–Kier alpha value is -3.61. The number of hydrogen-bond acceptors (Lipinski definition) is 3. The number of rotatable bonds is 4. The molecule has 32 heavy (non-hydrogen) atoms. The van der Waals surface area contributed by atoms with Crippen molar-refractivity contribution in [3.63, 3.8) is 0 Å². The highest BCUT2D eigenvalue weighted by molar-refractivity contribution is 6.08. The highest BCUT2D eigenvalue weighted by Gasteiger charge is 2.27. The van der Waals surface area contributed by atoms with E-state index in [0.29, 0.717) is 41.9 Å². The number of aryl methyl sites for hydroxylation is 2. The predicted molar refractivity (Wildman–Crippen MR) is 118 cm³/mol. The SMILES string of the molecule is CNC(=O)c1ccc(Cc2cc3c(cc2C)CCN(c2cc(C)c(F)cn2)C3=O)cc1F. The monoisotopic (exact) mass is 435 g/mol. The van der Waals surface area contributed by atoms with Crippen molar-refractivity contribution in [3.8, 4) is 0 Å². The Morgan fingerprint density at radius 1 is 1.09 bits per heavy atom. The summed E-state index contributed by atoms with van der Waals surface area (Å²) in [6.07, 6.45) is 2.21. The molecule has 7 heteroatoms. The van der Waals surface area contributed by atoms with E-state index < -0.39 is 17.5 Å². The van der Waals surface area contributed by atoms with Crippen LogP contribution in [-0.2, 0) is 12.8 Å². The van der Waals surface area contributed by atoms with Gasteiger partial charge >= 0.3 is 0 Å². The first-order valence-electron chi connectivity index (χ1n) is 10.4. The van der Waals surface area contributed by atoms with E-state index in [0.717, 1.165) is 22.9 Å². The number of carbonyl (C=O) groups is 2. The molecule has 0 fully saturated rings. The Morgan fingerprint density at radius 3 is 2.56 bits per heavy atom. The number of benzene rings is 2. The number of nitrogens with zero attached hydrogens (tertiary/aromatic N) is 2. The van der Waals surface area contributed by atoms with E-state index in [1.165, 1.54) is 19.2 Å². The van der Waals surface area contributed by atoms with Gasteiger partial charge in [0.1, 0.15) is 17.5 Å². The molecule has 0 saturated heterocycles. The smallest absolute Gasteiger partial charge is 0.259 e. The van der Waals surface area contributed by atoms with Crippen molar-refractivity contribution in [3.05, 3.63) is 93.2 Å². The third kappa shape index (κ3) is 3.98. The molecule has 0 radical (unpaired) electrons. The maximum atomic E-state index is 14.4. The lowest BCUT2D eigenvalue weighted by Crippen LogP contribution is -2.38. The summed E-state index contributed by atoms with van der Waals surface area (Å²) in [6.45, 7) is 4.07. The molecule has 1 aromatic heterocycles. The summed E-state index contributed by atoms with van der Waals surface area (Å²) in [6, 6.07) is 9.95. The average Bonchev–Trinajstić information content (AvgIpc) is 2.77. The second-order valence-corrected chi connectivity index (χ2v) is 8.00. The van der Waals surface area contributed by atoms with E-state index in [4.69, 9.17) is 0 Å². The van der Waals surface area contributed by atoms with Gasteiger partial charge in [0.2, 0.25) is 0 Å². The van der Waals surface area contributed by atoms with Gasteiger partial charge in [0.05, 0.1) is 11.8 Å². The van der Waals surface area contributed by atoms with Crippen molar-refractivity contribution >= 4 is 17.6 Å². The van der Waals surface area contributed by atoms with Crippen LogP contribution in [0.25, 0.3) is 0 Å². The molecule has 1 aliphatic rings. The molecule has 3 aromatic rings. The minimum Gasteiger partial charge on any atom is -0.355 e. The number of nitrogens with one attached hydrogen (secondary N) is 1. The van der Waals surface area contributed by atoms with Crippen LogP contribution in [0.3, 0.4) is 0 Å². The van der Waals surface area contributed by atoms with Crippen LogP contribution in [0.4, 0.5) is 14.6 Å². The lowest BCUT2D eigenvalue weighted by molar-refractivity contribution is 0.0956. The first-order valence-corrected chi connectivity index (χ1v) is 10.4. The second kappa shape index (κ2) is 8.49. The minimum absolute atomic E-state index is 0.00803. The summed E-state index contributed by atoms with van der Waals surface area (Å²) >= 11 is 0. The van der Waals surface area contributed by atoms with E-state index >= 15 is 0 Å². The number of fused-ring (bicyclic) bond motifs is 1. The topological polar surface area (TPSA) is 62.3 Å². The predicted octanol–water partition coefficient (Wildman–Crippen LogP) is 4.13. The van der Waals surface area contributed by atoms with Gasteiger partial charge in [0.15, 0.2) is 0 Å². The fourth-order valence-corrected chi connectivity index (χ4v) is 3.99. The highest BCUT2D eigenvalue weighted by Crippen LogP contribution is 2.28. The van der Waals surface area contributed by atoms with Crippen LogP contribution in [-0.4, -0.2) is 30.4 Å². The second-order valence-electron chi connectivity index (χ2n) is 8.00. The Bertz CT molecular complexity index is 1240. The molecule has 4 rings (SSSR count). The highest BCUT2D eigenvalue weighted by atomic mass is 19.1. The zero-order valence-corrected chi connectivity index (χ0v) is 18.1. The van der Waals surface area contributed by atoms with Gasteiger partial charge < -0.3 is 5.32 Å². The molecule has 1 aliphatic heterocycles. The van der Waals surface area contributed by atoms with Gasteiger partial charge in [-0.2, -0.15) is 0 Å². The number of pyridine rings is 1. The van der Waals surface area contributed by atoms with Gasteiger partial charge in [0, 0.05) is 19.2 Å². The van der Waals surface area contributed by atoms with Gasteiger partial charge in [0.25, 0.3) is 11.8 Å². The molecule has 0 aliphatic carbocycles. The third-order valence-electron chi connectivity index (χ3n) is 5.85. The van der Waals surface area contributed by atoms with Gasteiger partial charge in [-0.1, -0.05) is 12.1 Å². The standard InChI is InChI=1S/C25H23F2N3O2/c1-14-8-17-6-7-30(23-9-15(2)22(27)13-29-23)25(32)20(17)12-18(14)10-16-4-5-19(21(26)11-16)24(31)28-3/h4-5,8-9,11-13H,6-7,10H2,1-3H3,(H,28,31). The van der Waals surface area contributed by atoms with Gasteiger partial charge in [-0.3, -0.25) is 14.5 Å². The van der Waals surface area contributed by atoms with E-state index in [-0.39, 0.29) is 11.5 Å². The van der Waals surface area contributed by atoms with Gasteiger partial charge in [-0.15, -0.1) is 0 Å². The summed E-state index contributed by atoms with van der Waals surface area (Å²) in [5.41, 5.74) is 4.56. The number of anilines is 1. The van der Waals surface area contributed by atoms with E-state index in [1.807, 2.05) is 19.1 Å². The van der Waals surface area contributed by atoms with Crippen molar-refractivity contribution in [1.29, 1.82) is 0 Å². The zero-order chi connectivity index (χ0) is 23.0. The normalized spacial score (nSPS) is 13.2. The molecular weight excluding hydrogens is 412 g/mol. The molecule has 2 aromatic carbocycles. The molecule has 2 amide bonds. The Labute approximate surface area is 185 Å². The number of hydrogen-bond donors (Lipinski definition) is 1. The number of amides is 2. The molecule has 0 atom stereocenters. The zero-order valence-electron chi connectivity index (χ0n) is 18.1. The Morgan fingerprint density at radius 2 is 1.88 bits per heavy atom.